The molecular formula is C95H110FN21O8. The number of nitrogens with one attached hydrogen (secondary N) is 3. The number of para-hydroxylation sites is 1. The number of hydrogen-bond donors (Lipinski definition) is 5. The van der Waals surface area contributed by atoms with Crippen molar-refractivity contribution in [3.8, 4) is 73.8 Å². The largest absolute Gasteiger partial charge is 0.497 e. The van der Waals surface area contributed by atoms with Gasteiger partial charge in [0.05, 0.1) is 158 Å². The fourth-order valence-corrected chi connectivity index (χ4v) is 13.7. The normalized spacial score (nSPS) is 11.7. The van der Waals surface area contributed by atoms with E-state index in [1.165, 1.54) is 37.4 Å². The molecule has 8 aromatic carbocycles. The van der Waals surface area contributed by atoms with E-state index in [9.17, 15) is 14.3 Å². The standard InChI is InChI=1S/C24H28N6O3.C23H23N5O4.C22H20FN5O.C21H19N5.5CH4/c1-25-6-7-30(19-10-20(32-3)13-21(11-19)33-9-8-31)18-4-5-22-23(12-18)28-24(15-26-22)17-14-27-29(2)16-17;1-27-14-15(12-25-27)22-13-24-20-5-4-16(10-21(20)26-22)28(7-6-23(29)30)17-8-18(31-2)11-19(9-17)32-3;1-29-19-7-16(23)6-18(8-19)28(13-14-2-3-14)17-4-5-20-21(9-17)27-22(12-24-20)15-10-25-26-11-15;1-2-4-17(5-3-1)26(14-15-6-7-15)18-8-9-19-20(10-18)25-21(13-22-19)16-11-23-24-12-16;;;;;/h4-5,10-16,25,31H,6-9H2,1-3H3;4-5,8-14H,6-7H2,1-3H3,(H,29,30);4-12,14H,2-3,13H2,1H3,(H,25,26);1-5,8-13,15H,6-7,14H2,(H,23,24);5*1H4. The maximum absolute atomic E-state index is 14.2. The number of rotatable bonds is 29. The smallest absolute Gasteiger partial charge is 0.305 e. The van der Waals surface area contributed by atoms with Gasteiger partial charge in [-0.3, -0.25) is 44.3 Å². The van der Waals surface area contributed by atoms with Crippen LogP contribution in [0.3, 0.4) is 0 Å². The maximum Gasteiger partial charge on any atom is 0.305 e. The summed E-state index contributed by atoms with van der Waals surface area (Å²) in [6.45, 7) is 3.77. The van der Waals surface area contributed by atoms with Gasteiger partial charge in [-0.05, 0) is 136 Å². The first kappa shape index (κ1) is 92.8. The number of ether oxygens (including phenoxy) is 5. The minimum Gasteiger partial charge on any atom is -0.497 e. The number of likely N-dealkylation sites (N-methyl/N-ethyl adjacent to an activating group) is 1. The molecule has 8 heterocycles. The molecule has 29 nitrogen and oxygen atoms in total. The second-order valence-corrected chi connectivity index (χ2v) is 28.8. The van der Waals surface area contributed by atoms with Crippen LogP contribution in [0.25, 0.3) is 89.2 Å². The van der Waals surface area contributed by atoms with E-state index in [-0.39, 0.29) is 69.1 Å². The molecule has 0 unspecified atom stereocenters. The van der Waals surface area contributed by atoms with Crippen molar-refractivity contribution in [2.24, 2.45) is 25.9 Å². The third-order valence-corrected chi connectivity index (χ3v) is 20.2. The molecule has 125 heavy (non-hydrogen) atoms. The van der Waals surface area contributed by atoms with Crippen LogP contribution in [-0.4, -0.2) is 177 Å². The van der Waals surface area contributed by atoms with Crippen molar-refractivity contribution in [3.63, 3.8) is 0 Å². The van der Waals surface area contributed by atoms with Crippen LogP contribution >= 0.6 is 0 Å². The Morgan fingerprint density at radius 2 is 0.816 bits per heavy atom. The number of carboxylic acids is 1. The summed E-state index contributed by atoms with van der Waals surface area (Å²) in [4.78, 5) is 57.2. The van der Waals surface area contributed by atoms with Crippen LogP contribution in [-0.2, 0) is 18.9 Å². The number of aryl methyl sites for hydroxylation is 2. The predicted octanol–water partition coefficient (Wildman–Crippen LogP) is 18.9. The minimum absolute atomic E-state index is 0. The van der Waals surface area contributed by atoms with Crippen molar-refractivity contribution in [2.75, 3.05) is 101 Å². The van der Waals surface area contributed by atoms with E-state index in [0.717, 1.165) is 143 Å². The van der Waals surface area contributed by atoms with Crippen molar-refractivity contribution in [1.82, 2.24) is 85.1 Å². The summed E-state index contributed by atoms with van der Waals surface area (Å²) in [7, 11) is 12.0. The second-order valence-electron chi connectivity index (χ2n) is 28.8. The van der Waals surface area contributed by atoms with Crippen LogP contribution in [0.15, 0.2) is 232 Å². The Morgan fingerprint density at radius 3 is 1.18 bits per heavy atom. The molecule has 0 atom stereocenters. The summed E-state index contributed by atoms with van der Waals surface area (Å²) in [6, 6.07) is 50.5. The Balaban J connectivity index is 0.000000172. The molecule has 8 aromatic heterocycles. The van der Waals surface area contributed by atoms with E-state index < -0.39 is 5.97 Å². The highest BCUT2D eigenvalue weighted by atomic mass is 19.1. The molecule has 650 valence electrons. The molecule has 0 bridgehead atoms. The molecular weight excluding hydrogens is 1580 g/mol. The van der Waals surface area contributed by atoms with E-state index in [2.05, 4.69) is 119 Å². The van der Waals surface area contributed by atoms with E-state index >= 15 is 0 Å². The Bertz CT molecular complexity index is 6150. The quantitative estimate of drug-likeness (QED) is 0.0291. The van der Waals surface area contributed by atoms with Crippen LogP contribution < -0.4 is 48.6 Å². The third kappa shape index (κ3) is 23.4. The number of carboxylic acid groups (broad SMARTS) is 1. The third-order valence-electron chi connectivity index (χ3n) is 20.2. The van der Waals surface area contributed by atoms with Gasteiger partial charge >= 0.3 is 5.97 Å². The van der Waals surface area contributed by atoms with Crippen molar-refractivity contribution in [3.05, 3.63) is 238 Å². The number of aliphatic hydroxyl groups excluding tert-OH is 1. The second kappa shape index (κ2) is 43.3. The summed E-state index contributed by atoms with van der Waals surface area (Å²) in [5, 5.41) is 43.7. The highest BCUT2D eigenvalue weighted by Gasteiger charge is 2.28. The number of aromatic amines is 2. The summed E-state index contributed by atoms with van der Waals surface area (Å²) in [5.41, 5.74) is 20.6. The Hall–Kier alpha value is -14.5. The lowest BCUT2D eigenvalue weighted by Gasteiger charge is -2.26. The molecule has 30 heteroatoms. The number of methoxy groups -OCH3 is 4. The van der Waals surface area contributed by atoms with Crippen molar-refractivity contribution < 1.29 is 43.1 Å². The first-order valence-corrected chi connectivity index (χ1v) is 39.2. The lowest BCUT2D eigenvalue weighted by Crippen LogP contribution is -2.27. The van der Waals surface area contributed by atoms with Gasteiger partial charge in [-0.2, -0.15) is 20.4 Å². The minimum atomic E-state index is -0.885. The number of aliphatic hydroxyl groups is 1. The lowest BCUT2D eigenvalue weighted by atomic mass is 10.1. The first-order valence-electron chi connectivity index (χ1n) is 39.2. The van der Waals surface area contributed by atoms with Gasteiger partial charge in [0.25, 0.3) is 0 Å². The van der Waals surface area contributed by atoms with Crippen molar-refractivity contribution >= 4 is 95.6 Å². The van der Waals surface area contributed by atoms with Gasteiger partial charge in [-0.15, -0.1) is 0 Å². The summed E-state index contributed by atoms with van der Waals surface area (Å²) >= 11 is 0. The average Bonchev–Trinajstić information content (AvgIpc) is 1.08. The van der Waals surface area contributed by atoms with Crippen LogP contribution in [0.1, 0.15) is 69.2 Å². The molecule has 18 rings (SSSR count). The number of fused-ring (bicyclic) bond motifs is 4. The van der Waals surface area contributed by atoms with E-state index in [1.54, 1.807) is 112 Å². The summed E-state index contributed by atoms with van der Waals surface area (Å²) < 4.78 is 44.8. The molecule has 2 fully saturated rings. The van der Waals surface area contributed by atoms with Crippen molar-refractivity contribution in [1.29, 1.82) is 0 Å². The number of anilines is 8. The SMILES string of the molecule is C.C.C.C.C.CNCCN(c1cc(OC)cc(OCCO)c1)c1ccc2ncc(-c3cnn(C)c3)nc2c1.COc1cc(F)cc(N(CC2CC2)c2ccc3ncc(-c4cn[nH]c4)nc3c2)c1.COc1cc(OC)cc(N(CCC(=O)O)c2ccc3ncc(-c4cnn(C)c4)nc3c2)c1.c1ccc(N(CC2CC2)c2ccc3ncc(-c4cn[nH]c4)nc3c2)cc1. The Labute approximate surface area is 728 Å². The topological polar surface area (TPSA) is 325 Å². The highest BCUT2D eigenvalue weighted by Crippen LogP contribution is 2.41. The summed E-state index contributed by atoms with van der Waals surface area (Å²) in [6.07, 6.45) is 26.4. The fraction of sp³-hybridized carbons (Fsp3) is 0.274. The van der Waals surface area contributed by atoms with Crippen LogP contribution in [0.4, 0.5) is 49.9 Å². The number of nitrogens with zero attached hydrogens (tertiary/aromatic N) is 18. The zero-order valence-corrected chi connectivity index (χ0v) is 67.4. The van der Waals surface area contributed by atoms with E-state index in [1.807, 2.05) is 130 Å². The number of aliphatic carboxylic acids is 1. The van der Waals surface area contributed by atoms with Crippen LogP contribution in [0, 0.1) is 17.7 Å². The van der Waals surface area contributed by atoms with Gasteiger partial charge in [-0.1, -0.05) is 55.3 Å². The number of benzene rings is 8. The zero-order chi connectivity index (χ0) is 83.0. The summed E-state index contributed by atoms with van der Waals surface area (Å²) in [5.74, 6) is 3.23. The monoisotopic (exact) mass is 1690 g/mol. The van der Waals surface area contributed by atoms with Crippen molar-refractivity contribution in [2.45, 2.75) is 69.2 Å². The predicted molar refractivity (Wildman–Crippen MR) is 496 cm³/mol. The molecule has 0 saturated heterocycles. The number of halogens is 1. The van der Waals surface area contributed by atoms with Crippen LogP contribution in [0.2, 0.25) is 0 Å². The Kier molecular flexibility index (Phi) is 32.1. The fourth-order valence-electron chi connectivity index (χ4n) is 13.7. The molecule has 0 aliphatic heterocycles. The zero-order valence-electron chi connectivity index (χ0n) is 67.4. The van der Waals surface area contributed by atoms with Gasteiger partial charge in [0.1, 0.15) is 41.2 Å². The first-order chi connectivity index (χ1) is 58.6. The van der Waals surface area contributed by atoms with Gasteiger partial charge in [0.15, 0.2) is 0 Å². The molecule has 0 amide bonds. The molecule has 2 saturated carbocycles. The molecule has 2 aliphatic rings. The van der Waals surface area contributed by atoms with Gasteiger partial charge in [0, 0.05) is 188 Å². The highest BCUT2D eigenvalue weighted by molar-refractivity contribution is 5.87. The number of H-pyrrole nitrogens is 2. The number of hydrogen-bond acceptors (Lipinski definition) is 24. The van der Waals surface area contributed by atoms with E-state index in [0.29, 0.717) is 52.4 Å². The molecule has 2 aliphatic carbocycles. The lowest BCUT2D eigenvalue weighted by molar-refractivity contribution is -0.136. The average molecular weight is 1690 g/mol. The molecule has 16 aromatic rings. The molecule has 0 radical (unpaired) electrons. The maximum atomic E-state index is 14.2. The number of aromatic nitrogens is 16. The van der Waals surface area contributed by atoms with Gasteiger partial charge in [-0.25, -0.2) is 24.3 Å². The van der Waals surface area contributed by atoms with E-state index in [4.69, 9.17) is 48.7 Å². The van der Waals surface area contributed by atoms with Gasteiger partial charge < -0.3 is 58.8 Å². The Morgan fingerprint density at radius 1 is 0.440 bits per heavy atom. The molecule has 0 spiro atoms. The van der Waals surface area contributed by atoms with Crippen LogP contribution in [0.5, 0.6) is 28.7 Å². The number of carbonyl (C=O) groups is 1. The van der Waals surface area contributed by atoms with Gasteiger partial charge in [0.2, 0.25) is 0 Å². The molecule has 5 N–H and O–H groups in total.